The fourth-order valence-corrected chi connectivity index (χ4v) is 2.24. The maximum Gasteiger partial charge on any atom is 0.0999 e. The van der Waals surface area contributed by atoms with Crippen molar-refractivity contribution in [3.8, 4) is 5.69 Å². The van der Waals surface area contributed by atoms with Gasteiger partial charge < -0.3 is 5.73 Å². The molecule has 0 spiro atoms. The smallest absolute Gasteiger partial charge is 0.0999 e. The molecule has 2 N–H and O–H groups in total. The average molecular weight is 258 g/mol. The molecule has 0 aliphatic heterocycles. The lowest BCUT2D eigenvalue weighted by atomic mass is 10.1. The standard InChI is InChI=1S/C15H22N4/c1-4-5-8-15-13(10-16)17-18-19(15)14-9-6-7-11(2)12(14)3/h6-7,9H,4-5,8,10,16H2,1-3H3. The van der Waals surface area contributed by atoms with Gasteiger partial charge in [0.25, 0.3) is 0 Å². The van der Waals surface area contributed by atoms with Gasteiger partial charge in [0.15, 0.2) is 0 Å². The Hall–Kier alpha value is -1.68. The third-order valence-corrected chi connectivity index (χ3v) is 3.61. The molecule has 4 nitrogen and oxygen atoms in total. The van der Waals surface area contributed by atoms with Gasteiger partial charge in [-0.25, -0.2) is 4.68 Å². The zero-order chi connectivity index (χ0) is 13.8. The molecule has 2 rings (SSSR count). The number of aromatic nitrogens is 3. The van der Waals surface area contributed by atoms with Gasteiger partial charge in [-0.2, -0.15) is 0 Å². The van der Waals surface area contributed by atoms with E-state index in [4.69, 9.17) is 5.73 Å². The molecule has 2 aromatic rings. The topological polar surface area (TPSA) is 56.7 Å². The van der Waals surface area contributed by atoms with E-state index in [1.54, 1.807) is 0 Å². The van der Waals surface area contributed by atoms with E-state index < -0.39 is 0 Å². The zero-order valence-corrected chi connectivity index (χ0v) is 12.0. The van der Waals surface area contributed by atoms with Crippen LogP contribution in [0.25, 0.3) is 5.69 Å². The van der Waals surface area contributed by atoms with E-state index in [1.165, 1.54) is 11.1 Å². The lowest BCUT2D eigenvalue weighted by molar-refractivity contribution is 0.711. The fourth-order valence-electron chi connectivity index (χ4n) is 2.24. The van der Waals surface area contributed by atoms with Crippen LogP contribution in [0, 0.1) is 13.8 Å². The van der Waals surface area contributed by atoms with Crippen molar-refractivity contribution in [3.05, 3.63) is 40.7 Å². The second-order valence-corrected chi connectivity index (χ2v) is 4.92. The van der Waals surface area contributed by atoms with Crippen LogP contribution in [0.2, 0.25) is 0 Å². The number of hydrogen-bond acceptors (Lipinski definition) is 3. The molecule has 0 aliphatic rings. The first-order valence-corrected chi connectivity index (χ1v) is 6.89. The SMILES string of the molecule is CCCCc1c(CN)nnn1-c1cccc(C)c1C. The van der Waals surface area contributed by atoms with Crippen molar-refractivity contribution in [1.82, 2.24) is 15.0 Å². The van der Waals surface area contributed by atoms with Crippen molar-refractivity contribution in [2.75, 3.05) is 0 Å². The van der Waals surface area contributed by atoms with Crippen LogP contribution in [0.3, 0.4) is 0 Å². The molecule has 0 unspecified atom stereocenters. The van der Waals surface area contributed by atoms with Crippen LogP contribution in [0.5, 0.6) is 0 Å². The molecule has 0 bridgehead atoms. The summed E-state index contributed by atoms with van der Waals surface area (Å²) in [4.78, 5) is 0. The highest BCUT2D eigenvalue weighted by Gasteiger charge is 2.14. The van der Waals surface area contributed by atoms with Gasteiger partial charge in [-0.15, -0.1) is 5.10 Å². The predicted molar refractivity (Wildman–Crippen MR) is 77.3 cm³/mol. The maximum atomic E-state index is 5.77. The van der Waals surface area contributed by atoms with E-state index in [0.717, 1.165) is 36.3 Å². The molecule has 0 atom stereocenters. The van der Waals surface area contributed by atoms with E-state index >= 15 is 0 Å². The second kappa shape index (κ2) is 5.97. The number of hydrogen-bond donors (Lipinski definition) is 1. The molecule has 1 aromatic carbocycles. The summed E-state index contributed by atoms with van der Waals surface area (Å²) < 4.78 is 1.96. The van der Waals surface area contributed by atoms with Crippen molar-refractivity contribution in [1.29, 1.82) is 0 Å². The number of nitrogens with two attached hydrogens (primary N) is 1. The van der Waals surface area contributed by atoms with Gasteiger partial charge in [-0.3, -0.25) is 0 Å². The average Bonchev–Trinajstić information content (AvgIpc) is 2.82. The molecule has 0 fully saturated rings. The molecule has 19 heavy (non-hydrogen) atoms. The summed E-state index contributed by atoms with van der Waals surface area (Å²) in [7, 11) is 0. The highest BCUT2D eigenvalue weighted by molar-refractivity contribution is 5.45. The van der Waals surface area contributed by atoms with E-state index in [1.807, 2.05) is 4.68 Å². The Morgan fingerprint density at radius 1 is 1.26 bits per heavy atom. The van der Waals surface area contributed by atoms with Crippen LogP contribution in [-0.2, 0) is 13.0 Å². The second-order valence-electron chi connectivity index (χ2n) is 4.92. The number of unbranched alkanes of at least 4 members (excludes halogenated alkanes) is 1. The normalized spacial score (nSPS) is 10.9. The third kappa shape index (κ3) is 2.68. The molecular formula is C15H22N4. The Balaban J connectivity index is 2.49. The number of nitrogens with zero attached hydrogens (tertiary/aromatic N) is 3. The van der Waals surface area contributed by atoms with Crippen molar-refractivity contribution in [2.24, 2.45) is 5.73 Å². The molecule has 0 radical (unpaired) electrons. The van der Waals surface area contributed by atoms with Crippen molar-refractivity contribution >= 4 is 0 Å². The summed E-state index contributed by atoms with van der Waals surface area (Å²) in [6.07, 6.45) is 3.26. The summed E-state index contributed by atoms with van der Waals surface area (Å²) in [5.41, 5.74) is 11.4. The van der Waals surface area contributed by atoms with Gasteiger partial charge in [0.2, 0.25) is 0 Å². The van der Waals surface area contributed by atoms with Gasteiger partial charge >= 0.3 is 0 Å². The van der Waals surface area contributed by atoms with Crippen LogP contribution in [-0.4, -0.2) is 15.0 Å². The first-order chi connectivity index (χ1) is 9.19. The molecule has 1 aromatic heterocycles. The summed E-state index contributed by atoms with van der Waals surface area (Å²) in [5.74, 6) is 0. The molecule has 0 aliphatic carbocycles. The van der Waals surface area contributed by atoms with Crippen LogP contribution in [0.15, 0.2) is 18.2 Å². The lowest BCUT2D eigenvalue weighted by Gasteiger charge is -2.11. The van der Waals surface area contributed by atoms with Crippen molar-refractivity contribution in [3.63, 3.8) is 0 Å². The van der Waals surface area contributed by atoms with Gasteiger partial charge in [0.05, 0.1) is 17.1 Å². The monoisotopic (exact) mass is 258 g/mol. The zero-order valence-electron chi connectivity index (χ0n) is 12.0. The molecular weight excluding hydrogens is 236 g/mol. The van der Waals surface area contributed by atoms with Crippen LogP contribution < -0.4 is 5.73 Å². The minimum atomic E-state index is 0.448. The molecule has 1 heterocycles. The number of benzene rings is 1. The quantitative estimate of drug-likeness (QED) is 0.897. The number of rotatable bonds is 5. The van der Waals surface area contributed by atoms with E-state index in [2.05, 4.69) is 49.3 Å². The van der Waals surface area contributed by atoms with E-state index in [-0.39, 0.29) is 0 Å². The van der Waals surface area contributed by atoms with E-state index in [0.29, 0.717) is 6.54 Å². The maximum absolute atomic E-state index is 5.77. The molecule has 0 saturated carbocycles. The molecule has 0 saturated heterocycles. The van der Waals surface area contributed by atoms with E-state index in [9.17, 15) is 0 Å². The number of aryl methyl sites for hydroxylation is 1. The largest absolute Gasteiger partial charge is 0.325 e. The Morgan fingerprint density at radius 3 is 2.74 bits per heavy atom. The van der Waals surface area contributed by atoms with Crippen molar-refractivity contribution in [2.45, 2.75) is 46.6 Å². The summed E-state index contributed by atoms with van der Waals surface area (Å²) >= 11 is 0. The predicted octanol–water partition coefficient (Wildman–Crippen LogP) is 2.69. The van der Waals surface area contributed by atoms with Crippen LogP contribution in [0.1, 0.15) is 42.3 Å². The minimum Gasteiger partial charge on any atom is -0.325 e. The summed E-state index contributed by atoms with van der Waals surface area (Å²) in [5, 5.41) is 8.52. The third-order valence-electron chi connectivity index (χ3n) is 3.61. The van der Waals surface area contributed by atoms with Gasteiger partial charge in [-0.05, 0) is 43.9 Å². The summed E-state index contributed by atoms with van der Waals surface area (Å²) in [6, 6.07) is 6.27. The van der Waals surface area contributed by atoms with Gasteiger partial charge in [-0.1, -0.05) is 30.7 Å². The van der Waals surface area contributed by atoms with Gasteiger partial charge in [0, 0.05) is 6.54 Å². The molecule has 4 heteroatoms. The first-order valence-electron chi connectivity index (χ1n) is 6.89. The highest BCUT2D eigenvalue weighted by Crippen LogP contribution is 2.20. The first kappa shape index (κ1) is 13.7. The Labute approximate surface area is 114 Å². The Morgan fingerprint density at radius 2 is 2.05 bits per heavy atom. The van der Waals surface area contributed by atoms with Gasteiger partial charge in [0.1, 0.15) is 0 Å². The lowest BCUT2D eigenvalue weighted by Crippen LogP contribution is -2.08. The highest BCUT2D eigenvalue weighted by atomic mass is 15.4. The van der Waals surface area contributed by atoms with Crippen LogP contribution in [0.4, 0.5) is 0 Å². The minimum absolute atomic E-state index is 0.448. The Kier molecular flexibility index (Phi) is 4.32. The van der Waals surface area contributed by atoms with Crippen LogP contribution >= 0.6 is 0 Å². The Bertz CT molecular complexity index is 557. The molecule has 102 valence electrons. The molecule has 0 amide bonds. The summed E-state index contributed by atoms with van der Waals surface area (Å²) in [6.45, 7) is 6.88. The van der Waals surface area contributed by atoms with Crippen molar-refractivity contribution < 1.29 is 0 Å². The fraction of sp³-hybridized carbons (Fsp3) is 0.467.